The Bertz CT molecular complexity index is 133. The molecule has 92 valence electrons. The summed E-state index contributed by atoms with van der Waals surface area (Å²) in [5, 5.41) is 0. The monoisotopic (exact) mass is 214 g/mol. The van der Waals surface area contributed by atoms with Crippen molar-refractivity contribution in [2.24, 2.45) is 0 Å². The van der Waals surface area contributed by atoms with Gasteiger partial charge >= 0.3 is 0 Å². The maximum absolute atomic E-state index is 5.83. The summed E-state index contributed by atoms with van der Waals surface area (Å²) in [6.45, 7) is 6.79. The van der Waals surface area contributed by atoms with Gasteiger partial charge in [0.05, 0.1) is 5.60 Å². The van der Waals surface area contributed by atoms with Crippen molar-refractivity contribution in [3.05, 3.63) is 0 Å². The molecular formula is C14H30O. The Morgan fingerprint density at radius 3 is 1.80 bits per heavy atom. The third kappa shape index (κ3) is 6.19. The van der Waals surface area contributed by atoms with Crippen molar-refractivity contribution < 1.29 is 4.74 Å². The topological polar surface area (TPSA) is 9.23 Å². The van der Waals surface area contributed by atoms with Crippen LogP contribution in [0.5, 0.6) is 0 Å². The lowest BCUT2D eigenvalue weighted by Gasteiger charge is -2.32. The summed E-state index contributed by atoms with van der Waals surface area (Å²) in [6.07, 6.45) is 11.5. The zero-order valence-corrected chi connectivity index (χ0v) is 11.3. The first-order valence-electron chi connectivity index (χ1n) is 6.79. The Kier molecular flexibility index (Phi) is 9.18. The first-order chi connectivity index (χ1) is 7.24. The maximum Gasteiger partial charge on any atom is 0.0678 e. The number of ether oxygens (including phenoxy) is 1. The van der Waals surface area contributed by atoms with E-state index in [0.29, 0.717) is 0 Å². The molecule has 15 heavy (non-hydrogen) atoms. The predicted octanol–water partition coefficient (Wildman–Crippen LogP) is 4.94. The third-order valence-corrected chi connectivity index (χ3v) is 3.36. The van der Waals surface area contributed by atoms with Crippen molar-refractivity contribution in [3.8, 4) is 0 Å². The number of rotatable bonds is 10. The minimum atomic E-state index is 0.194. The lowest BCUT2D eigenvalue weighted by Crippen LogP contribution is -2.31. The van der Waals surface area contributed by atoms with E-state index < -0.39 is 0 Å². The molecule has 0 aromatic carbocycles. The number of hydrogen-bond donors (Lipinski definition) is 0. The molecule has 1 unspecified atom stereocenters. The van der Waals surface area contributed by atoms with Crippen molar-refractivity contribution in [2.75, 3.05) is 7.11 Å². The molecule has 0 aliphatic rings. The highest BCUT2D eigenvalue weighted by molar-refractivity contribution is 4.79. The minimum absolute atomic E-state index is 0.194. The molecule has 0 N–H and O–H groups in total. The Morgan fingerprint density at radius 2 is 1.33 bits per heavy atom. The van der Waals surface area contributed by atoms with Gasteiger partial charge in [-0.3, -0.25) is 0 Å². The smallest absolute Gasteiger partial charge is 0.0678 e. The molecule has 1 atom stereocenters. The van der Waals surface area contributed by atoms with E-state index >= 15 is 0 Å². The zero-order chi connectivity index (χ0) is 11.6. The normalized spacial score (nSPS) is 15.2. The quantitative estimate of drug-likeness (QED) is 0.468. The minimum Gasteiger partial charge on any atom is -0.378 e. The summed E-state index contributed by atoms with van der Waals surface area (Å²) >= 11 is 0. The van der Waals surface area contributed by atoms with Gasteiger partial charge in [-0.25, -0.2) is 0 Å². The molecule has 0 aliphatic heterocycles. The van der Waals surface area contributed by atoms with Crippen LogP contribution in [0.1, 0.15) is 78.6 Å². The highest BCUT2D eigenvalue weighted by Crippen LogP contribution is 2.30. The molecule has 0 bridgehead atoms. The summed E-state index contributed by atoms with van der Waals surface area (Å²) < 4.78 is 5.83. The van der Waals surface area contributed by atoms with E-state index in [0.717, 1.165) is 0 Å². The summed E-state index contributed by atoms with van der Waals surface area (Å²) in [5.41, 5.74) is 0.194. The molecule has 0 aromatic rings. The first-order valence-corrected chi connectivity index (χ1v) is 6.79. The molecule has 0 rings (SSSR count). The second-order valence-electron chi connectivity index (χ2n) is 4.70. The van der Waals surface area contributed by atoms with E-state index in [2.05, 4.69) is 20.8 Å². The molecule has 0 spiro atoms. The van der Waals surface area contributed by atoms with Crippen LogP contribution >= 0.6 is 0 Å². The van der Waals surface area contributed by atoms with Crippen molar-refractivity contribution >= 4 is 0 Å². The molecule has 1 nitrogen and oxygen atoms in total. The van der Waals surface area contributed by atoms with Crippen molar-refractivity contribution in [3.63, 3.8) is 0 Å². The summed E-state index contributed by atoms with van der Waals surface area (Å²) in [6, 6.07) is 0. The lowest BCUT2D eigenvalue weighted by atomic mass is 9.86. The number of methoxy groups -OCH3 is 1. The van der Waals surface area contributed by atoms with E-state index in [4.69, 9.17) is 4.74 Å². The zero-order valence-electron chi connectivity index (χ0n) is 11.3. The Labute approximate surface area is 96.6 Å². The van der Waals surface area contributed by atoms with E-state index in [1.54, 1.807) is 0 Å². The van der Waals surface area contributed by atoms with Gasteiger partial charge in [0.1, 0.15) is 0 Å². The van der Waals surface area contributed by atoms with Crippen molar-refractivity contribution in [1.29, 1.82) is 0 Å². The van der Waals surface area contributed by atoms with Gasteiger partial charge in [-0.15, -0.1) is 0 Å². The molecule has 1 heteroatoms. The fourth-order valence-corrected chi connectivity index (χ4v) is 2.33. The third-order valence-electron chi connectivity index (χ3n) is 3.36. The molecule has 0 radical (unpaired) electrons. The number of unbranched alkanes of at least 4 members (excludes halogenated alkanes) is 3. The van der Waals surface area contributed by atoms with Crippen LogP contribution in [0.3, 0.4) is 0 Å². The molecule has 0 heterocycles. The van der Waals surface area contributed by atoms with Gasteiger partial charge in [0.2, 0.25) is 0 Å². The lowest BCUT2D eigenvalue weighted by molar-refractivity contribution is -0.0349. The van der Waals surface area contributed by atoms with E-state index in [9.17, 15) is 0 Å². The van der Waals surface area contributed by atoms with Gasteiger partial charge in [0, 0.05) is 7.11 Å². The first kappa shape index (κ1) is 15.0. The van der Waals surface area contributed by atoms with Crippen LogP contribution in [0.4, 0.5) is 0 Å². The van der Waals surface area contributed by atoms with Crippen LogP contribution in [0.2, 0.25) is 0 Å². The summed E-state index contributed by atoms with van der Waals surface area (Å²) in [4.78, 5) is 0. The second kappa shape index (κ2) is 9.21. The van der Waals surface area contributed by atoms with Crippen LogP contribution in [0.25, 0.3) is 0 Å². The maximum atomic E-state index is 5.83. The summed E-state index contributed by atoms with van der Waals surface area (Å²) in [5.74, 6) is 0. The Hall–Kier alpha value is -0.0400. The van der Waals surface area contributed by atoms with Crippen LogP contribution in [-0.2, 0) is 4.74 Å². The molecule has 0 fully saturated rings. The van der Waals surface area contributed by atoms with E-state index in [1.165, 1.54) is 57.8 Å². The van der Waals surface area contributed by atoms with Crippen LogP contribution < -0.4 is 0 Å². The molecular weight excluding hydrogens is 184 g/mol. The second-order valence-corrected chi connectivity index (χ2v) is 4.70. The molecule has 0 saturated carbocycles. The van der Waals surface area contributed by atoms with E-state index in [-0.39, 0.29) is 5.60 Å². The van der Waals surface area contributed by atoms with Gasteiger partial charge < -0.3 is 4.74 Å². The van der Waals surface area contributed by atoms with Gasteiger partial charge in [-0.2, -0.15) is 0 Å². The van der Waals surface area contributed by atoms with Crippen molar-refractivity contribution in [1.82, 2.24) is 0 Å². The molecule has 0 aliphatic carbocycles. The van der Waals surface area contributed by atoms with Crippen molar-refractivity contribution in [2.45, 2.75) is 84.2 Å². The van der Waals surface area contributed by atoms with E-state index in [1.807, 2.05) is 7.11 Å². The highest BCUT2D eigenvalue weighted by atomic mass is 16.5. The highest BCUT2D eigenvalue weighted by Gasteiger charge is 2.27. The standard InChI is InChI=1S/C14H30O/c1-5-8-10-13-14(15-4,11-7-3)12-9-6-2/h5-13H2,1-4H3. The van der Waals surface area contributed by atoms with Gasteiger partial charge in [-0.1, -0.05) is 59.3 Å². The van der Waals surface area contributed by atoms with Gasteiger partial charge in [0.15, 0.2) is 0 Å². The molecule has 0 saturated heterocycles. The van der Waals surface area contributed by atoms with Gasteiger partial charge in [0.25, 0.3) is 0 Å². The average molecular weight is 214 g/mol. The average Bonchev–Trinajstić information content (AvgIpc) is 2.26. The Balaban J connectivity index is 4.09. The summed E-state index contributed by atoms with van der Waals surface area (Å²) in [7, 11) is 1.90. The fourth-order valence-electron chi connectivity index (χ4n) is 2.33. The SMILES string of the molecule is CCCCCC(CCC)(CCCC)OC. The van der Waals surface area contributed by atoms with Crippen LogP contribution in [0, 0.1) is 0 Å². The van der Waals surface area contributed by atoms with Crippen LogP contribution in [0.15, 0.2) is 0 Å². The fraction of sp³-hybridized carbons (Fsp3) is 1.00. The molecule has 0 aromatic heterocycles. The predicted molar refractivity (Wildman–Crippen MR) is 68.3 cm³/mol. The Morgan fingerprint density at radius 1 is 0.733 bits per heavy atom. The number of hydrogen-bond acceptors (Lipinski definition) is 1. The van der Waals surface area contributed by atoms with Gasteiger partial charge in [-0.05, 0) is 19.3 Å². The largest absolute Gasteiger partial charge is 0.378 e. The van der Waals surface area contributed by atoms with Crippen LogP contribution in [-0.4, -0.2) is 12.7 Å². The molecule has 0 amide bonds.